The third-order valence-electron chi connectivity index (χ3n) is 5.14. The molecule has 1 aliphatic carbocycles. The van der Waals surface area contributed by atoms with Crippen LogP contribution in [0.15, 0.2) is 17.4 Å². The SMILES string of the molecule is Cc1sc(C(=O)NC2C(N)CCCC2(F)F)cc1-c1cnc2n1N=CCC2. The summed E-state index contributed by atoms with van der Waals surface area (Å²) in [5.74, 6) is -2.63. The van der Waals surface area contributed by atoms with Crippen LogP contribution in [0.1, 0.15) is 46.1 Å². The highest BCUT2D eigenvalue weighted by Crippen LogP contribution is 2.35. The summed E-state index contributed by atoms with van der Waals surface area (Å²) in [6, 6.07) is -0.359. The summed E-state index contributed by atoms with van der Waals surface area (Å²) in [5.41, 5.74) is 7.49. The van der Waals surface area contributed by atoms with Crippen molar-refractivity contribution in [1.29, 1.82) is 0 Å². The second-order valence-corrected chi connectivity index (χ2v) is 8.31. The maximum absolute atomic E-state index is 14.2. The summed E-state index contributed by atoms with van der Waals surface area (Å²) >= 11 is 1.27. The van der Waals surface area contributed by atoms with Crippen LogP contribution in [0.2, 0.25) is 0 Å². The molecule has 1 saturated carbocycles. The smallest absolute Gasteiger partial charge is 0.269 e. The van der Waals surface area contributed by atoms with Crippen molar-refractivity contribution >= 4 is 23.5 Å². The molecule has 2 aromatic rings. The van der Waals surface area contributed by atoms with Gasteiger partial charge in [-0.25, -0.2) is 18.4 Å². The lowest BCUT2D eigenvalue weighted by Gasteiger charge is -2.36. The van der Waals surface area contributed by atoms with Crippen molar-refractivity contribution in [2.45, 2.75) is 57.0 Å². The quantitative estimate of drug-likeness (QED) is 0.841. The van der Waals surface area contributed by atoms with Gasteiger partial charge in [-0.2, -0.15) is 5.10 Å². The molecule has 9 heteroatoms. The Kier molecular flexibility index (Phi) is 4.59. The van der Waals surface area contributed by atoms with Crippen LogP contribution < -0.4 is 11.1 Å². The number of nitrogens with two attached hydrogens (primary N) is 1. The van der Waals surface area contributed by atoms with E-state index in [2.05, 4.69) is 15.4 Å². The van der Waals surface area contributed by atoms with E-state index in [4.69, 9.17) is 5.73 Å². The van der Waals surface area contributed by atoms with Gasteiger partial charge in [0.15, 0.2) is 0 Å². The van der Waals surface area contributed by atoms with Crippen LogP contribution in [0.3, 0.4) is 0 Å². The second kappa shape index (κ2) is 6.79. The third kappa shape index (κ3) is 3.29. The minimum absolute atomic E-state index is 0.250. The van der Waals surface area contributed by atoms with Gasteiger partial charge in [0.05, 0.1) is 16.8 Å². The molecule has 144 valence electrons. The van der Waals surface area contributed by atoms with E-state index in [0.717, 1.165) is 34.8 Å². The molecule has 1 fully saturated rings. The molecule has 0 radical (unpaired) electrons. The largest absolute Gasteiger partial charge is 0.341 e. The normalized spacial score (nSPS) is 23.9. The van der Waals surface area contributed by atoms with Gasteiger partial charge in [0.1, 0.15) is 11.9 Å². The van der Waals surface area contributed by atoms with Gasteiger partial charge in [-0.3, -0.25) is 4.79 Å². The van der Waals surface area contributed by atoms with Crippen molar-refractivity contribution < 1.29 is 13.6 Å². The van der Waals surface area contributed by atoms with Crippen LogP contribution in [0, 0.1) is 6.92 Å². The van der Waals surface area contributed by atoms with Crippen LogP contribution in [0.5, 0.6) is 0 Å². The number of hydrogen-bond donors (Lipinski definition) is 2. The first-order chi connectivity index (χ1) is 12.9. The number of thiophene rings is 1. The number of nitrogens with one attached hydrogen (secondary N) is 1. The fourth-order valence-corrected chi connectivity index (χ4v) is 4.61. The number of fused-ring (bicyclic) bond motifs is 1. The first-order valence-corrected chi connectivity index (χ1v) is 9.83. The number of alkyl halides is 2. The predicted molar refractivity (Wildman–Crippen MR) is 101 cm³/mol. The molecule has 27 heavy (non-hydrogen) atoms. The highest BCUT2D eigenvalue weighted by Gasteiger charge is 2.46. The Morgan fingerprint density at radius 3 is 3.07 bits per heavy atom. The van der Waals surface area contributed by atoms with E-state index in [1.165, 1.54) is 11.3 Å². The van der Waals surface area contributed by atoms with E-state index in [1.807, 2.05) is 13.1 Å². The zero-order chi connectivity index (χ0) is 19.2. The van der Waals surface area contributed by atoms with Crippen LogP contribution in [-0.4, -0.2) is 39.8 Å². The monoisotopic (exact) mass is 393 g/mol. The van der Waals surface area contributed by atoms with E-state index in [9.17, 15) is 13.6 Å². The Morgan fingerprint density at radius 2 is 2.30 bits per heavy atom. The summed E-state index contributed by atoms with van der Waals surface area (Å²) in [7, 11) is 0. The van der Waals surface area contributed by atoms with Gasteiger partial charge in [0, 0.05) is 35.5 Å². The van der Waals surface area contributed by atoms with Gasteiger partial charge in [0.2, 0.25) is 0 Å². The number of imidazole rings is 1. The van der Waals surface area contributed by atoms with Gasteiger partial charge >= 0.3 is 0 Å². The molecule has 2 aliphatic rings. The fourth-order valence-electron chi connectivity index (χ4n) is 3.68. The van der Waals surface area contributed by atoms with Crippen LogP contribution in [0.4, 0.5) is 8.78 Å². The second-order valence-electron chi connectivity index (χ2n) is 7.06. The molecule has 6 nitrogen and oxygen atoms in total. The number of carbonyl (C=O) groups excluding carboxylic acids is 1. The molecule has 0 aromatic carbocycles. The number of halogens is 2. The molecule has 0 spiro atoms. The first-order valence-electron chi connectivity index (χ1n) is 9.01. The Bertz CT molecular complexity index is 904. The predicted octanol–water partition coefficient (Wildman–Crippen LogP) is 2.95. The fraction of sp³-hybridized carbons (Fsp3) is 0.500. The van der Waals surface area contributed by atoms with Crippen LogP contribution in [0.25, 0.3) is 11.3 Å². The average molecular weight is 393 g/mol. The van der Waals surface area contributed by atoms with Crippen LogP contribution in [-0.2, 0) is 6.42 Å². The molecular weight excluding hydrogens is 372 g/mol. The van der Waals surface area contributed by atoms with Gasteiger partial charge in [-0.1, -0.05) is 0 Å². The Balaban J connectivity index is 1.59. The zero-order valence-electron chi connectivity index (χ0n) is 14.9. The maximum Gasteiger partial charge on any atom is 0.269 e. The van der Waals surface area contributed by atoms with Crippen LogP contribution >= 0.6 is 11.3 Å². The molecule has 4 rings (SSSR count). The van der Waals surface area contributed by atoms with E-state index in [-0.39, 0.29) is 6.42 Å². The molecule has 1 amide bonds. The standard InChI is InChI=1S/C18H21F2N5OS/c1-10-11(13-9-22-15-5-3-7-23-25(13)15)8-14(27-10)17(26)24-16-12(21)4-2-6-18(16,19)20/h7-9,12,16H,2-6,21H2,1H3,(H,24,26). The summed E-state index contributed by atoms with van der Waals surface area (Å²) < 4.78 is 30.1. The van der Waals surface area contributed by atoms with Gasteiger partial charge in [-0.15, -0.1) is 11.3 Å². The van der Waals surface area contributed by atoms with Crippen molar-refractivity contribution in [2.24, 2.45) is 10.8 Å². The lowest BCUT2D eigenvalue weighted by molar-refractivity contribution is -0.0674. The number of hydrogen-bond acceptors (Lipinski definition) is 5. The highest BCUT2D eigenvalue weighted by molar-refractivity contribution is 7.14. The molecule has 1 aliphatic heterocycles. The number of aromatic nitrogens is 2. The lowest BCUT2D eigenvalue weighted by Crippen LogP contribution is -2.59. The van der Waals surface area contributed by atoms with Crippen molar-refractivity contribution in [3.8, 4) is 11.3 Å². The number of carbonyl (C=O) groups is 1. The molecule has 2 atom stereocenters. The summed E-state index contributed by atoms with van der Waals surface area (Å²) in [4.78, 5) is 18.3. The van der Waals surface area contributed by atoms with E-state index in [0.29, 0.717) is 17.7 Å². The molecule has 2 unspecified atom stereocenters. The molecule has 2 aromatic heterocycles. The Hall–Kier alpha value is -2.13. The summed E-state index contributed by atoms with van der Waals surface area (Å²) in [6.45, 7) is 1.89. The molecular formula is C18H21F2N5OS. The minimum atomic E-state index is -2.98. The molecule has 0 bridgehead atoms. The highest BCUT2D eigenvalue weighted by atomic mass is 32.1. The number of aryl methyl sites for hydroxylation is 2. The Labute approximate surface area is 159 Å². The van der Waals surface area contributed by atoms with Crippen molar-refractivity contribution in [3.05, 3.63) is 27.8 Å². The van der Waals surface area contributed by atoms with Crippen molar-refractivity contribution in [2.75, 3.05) is 0 Å². The van der Waals surface area contributed by atoms with Gasteiger partial charge in [0.25, 0.3) is 11.8 Å². The molecule has 3 N–H and O–H groups in total. The average Bonchev–Trinajstić information content (AvgIpc) is 3.21. The molecule has 3 heterocycles. The third-order valence-corrected chi connectivity index (χ3v) is 6.19. The van der Waals surface area contributed by atoms with Gasteiger partial charge in [-0.05, 0) is 32.3 Å². The summed E-state index contributed by atoms with van der Waals surface area (Å²) in [5, 5.41) is 6.83. The van der Waals surface area contributed by atoms with E-state index in [1.54, 1.807) is 16.9 Å². The topological polar surface area (TPSA) is 85.3 Å². The van der Waals surface area contributed by atoms with Crippen molar-refractivity contribution in [3.63, 3.8) is 0 Å². The van der Waals surface area contributed by atoms with Crippen molar-refractivity contribution in [1.82, 2.24) is 15.0 Å². The maximum atomic E-state index is 14.2. The van der Waals surface area contributed by atoms with E-state index >= 15 is 0 Å². The van der Waals surface area contributed by atoms with E-state index < -0.39 is 23.9 Å². The Morgan fingerprint density at radius 1 is 1.48 bits per heavy atom. The summed E-state index contributed by atoms with van der Waals surface area (Å²) in [6.07, 6.45) is 5.84. The zero-order valence-corrected chi connectivity index (χ0v) is 15.7. The lowest BCUT2D eigenvalue weighted by atomic mass is 9.87. The minimum Gasteiger partial charge on any atom is -0.341 e. The van der Waals surface area contributed by atoms with Gasteiger partial charge < -0.3 is 11.1 Å². The number of nitrogens with zero attached hydrogens (tertiary/aromatic N) is 3. The first kappa shape index (κ1) is 18.2. The number of rotatable bonds is 3. The molecule has 0 saturated heterocycles. The number of amides is 1.